The Balaban J connectivity index is 1.41. The van der Waals surface area contributed by atoms with Gasteiger partial charge in [-0.05, 0) is 43.4 Å². The molecule has 3 heterocycles. The molecular formula is C24H24Cl2N8O2. The highest BCUT2D eigenvalue weighted by molar-refractivity contribution is 6.37. The molecule has 0 unspecified atom stereocenters. The standard InChI is InChI=1S/C24H24Cl2N8O2/c1-32-9-10-33(16(12-32)13-35)15-7-5-14(6-8-15)29-23-28-11-17-21(27)34(24(36)31-22(17)30-23)20-18(25)3-2-4-19(20)26/h2-8,11,16,35H,9-10,12-13,27H2,1H3,(H,29,30,31,36)/t16-/m0/s1. The average Bonchev–Trinajstić information content (AvgIpc) is 2.86. The number of rotatable bonds is 5. The predicted molar refractivity (Wildman–Crippen MR) is 143 cm³/mol. The van der Waals surface area contributed by atoms with Crippen LogP contribution in [0.4, 0.5) is 23.1 Å². The molecule has 0 aliphatic carbocycles. The second-order valence-electron chi connectivity index (χ2n) is 8.58. The average molecular weight is 527 g/mol. The van der Waals surface area contributed by atoms with E-state index in [2.05, 4.69) is 37.1 Å². The number of nitrogen functional groups attached to an aromatic ring is 1. The number of anilines is 4. The molecule has 0 saturated carbocycles. The van der Waals surface area contributed by atoms with E-state index in [0.717, 1.165) is 35.6 Å². The van der Waals surface area contributed by atoms with Crippen molar-refractivity contribution in [3.63, 3.8) is 0 Å². The Morgan fingerprint density at radius 3 is 2.53 bits per heavy atom. The summed E-state index contributed by atoms with van der Waals surface area (Å²) in [6.07, 6.45) is 1.50. The summed E-state index contributed by atoms with van der Waals surface area (Å²) < 4.78 is 1.15. The van der Waals surface area contributed by atoms with E-state index in [-0.39, 0.29) is 45.8 Å². The fourth-order valence-electron chi connectivity index (χ4n) is 4.35. The zero-order valence-corrected chi connectivity index (χ0v) is 20.9. The van der Waals surface area contributed by atoms with Gasteiger partial charge in [0.1, 0.15) is 5.82 Å². The molecule has 0 radical (unpaired) electrons. The number of fused-ring (bicyclic) bond motifs is 1. The largest absolute Gasteiger partial charge is 0.394 e. The number of piperazine rings is 1. The number of aliphatic hydroxyl groups is 1. The molecule has 12 heteroatoms. The van der Waals surface area contributed by atoms with Gasteiger partial charge in [-0.3, -0.25) is 0 Å². The van der Waals surface area contributed by atoms with Crippen molar-refractivity contribution in [3.05, 3.63) is 69.2 Å². The van der Waals surface area contributed by atoms with Crippen LogP contribution in [0.5, 0.6) is 0 Å². The van der Waals surface area contributed by atoms with Crippen molar-refractivity contribution < 1.29 is 5.11 Å². The van der Waals surface area contributed by atoms with E-state index in [1.807, 2.05) is 24.3 Å². The van der Waals surface area contributed by atoms with Crippen LogP contribution in [0.3, 0.4) is 0 Å². The zero-order valence-electron chi connectivity index (χ0n) is 19.4. The summed E-state index contributed by atoms with van der Waals surface area (Å²) in [5.74, 6) is 0.351. The summed E-state index contributed by atoms with van der Waals surface area (Å²) >= 11 is 12.5. The predicted octanol–water partition coefficient (Wildman–Crippen LogP) is 2.92. The number of aliphatic hydroxyl groups excluding tert-OH is 1. The molecule has 0 amide bonds. The van der Waals surface area contributed by atoms with Gasteiger partial charge in [0.25, 0.3) is 0 Å². The topological polar surface area (TPSA) is 125 Å². The lowest BCUT2D eigenvalue weighted by molar-refractivity contribution is 0.191. The Labute approximate surface area is 216 Å². The zero-order chi connectivity index (χ0) is 25.4. The van der Waals surface area contributed by atoms with Gasteiger partial charge >= 0.3 is 5.69 Å². The molecule has 1 atom stereocenters. The first-order valence-electron chi connectivity index (χ1n) is 11.3. The molecule has 1 aliphatic heterocycles. The lowest BCUT2D eigenvalue weighted by Crippen LogP contribution is -2.53. The van der Waals surface area contributed by atoms with Gasteiger partial charge in [0.2, 0.25) is 5.95 Å². The third kappa shape index (κ3) is 4.56. The smallest absolute Gasteiger partial charge is 0.355 e. The van der Waals surface area contributed by atoms with Gasteiger partial charge in [0.15, 0.2) is 5.65 Å². The van der Waals surface area contributed by atoms with E-state index >= 15 is 0 Å². The maximum Gasteiger partial charge on any atom is 0.355 e. The SMILES string of the molecule is CN1CCN(c2ccc(Nc3ncc4c(N)n(-c5c(Cl)cccc5Cl)c(=O)nc4n3)cc2)[C@H](CO)C1. The van der Waals surface area contributed by atoms with Crippen LogP contribution in [0.2, 0.25) is 10.0 Å². The van der Waals surface area contributed by atoms with Crippen LogP contribution in [-0.2, 0) is 0 Å². The van der Waals surface area contributed by atoms with Gasteiger partial charge < -0.3 is 26.0 Å². The molecule has 4 N–H and O–H groups in total. The first kappa shape index (κ1) is 24.3. The van der Waals surface area contributed by atoms with Crippen molar-refractivity contribution in [2.24, 2.45) is 0 Å². The number of hydrogen-bond donors (Lipinski definition) is 3. The fraction of sp³-hybridized carbons (Fsp3) is 0.250. The minimum Gasteiger partial charge on any atom is -0.394 e. The molecule has 5 rings (SSSR count). The first-order valence-corrected chi connectivity index (χ1v) is 12.0. The van der Waals surface area contributed by atoms with Crippen molar-refractivity contribution in [2.45, 2.75) is 6.04 Å². The monoisotopic (exact) mass is 526 g/mol. The number of hydrogen-bond acceptors (Lipinski definition) is 9. The van der Waals surface area contributed by atoms with Crippen LogP contribution >= 0.6 is 23.2 Å². The third-order valence-corrected chi connectivity index (χ3v) is 6.80. The van der Waals surface area contributed by atoms with Gasteiger partial charge in [0.05, 0.1) is 33.8 Å². The molecule has 1 saturated heterocycles. The first-order chi connectivity index (χ1) is 17.4. The number of benzene rings is 2. The summed E-state index contributed by atoms with van der Waals surface area (Å²) in [4.78, 5) is 30.1. The summed E-state index contributed by atoms with van der Waals surface area (Å²) in [6.45, 7) is 2.67. The number of aromatic nitrogens is 4. The number of nitrogens with zero attached hydrogens (tertiary/aromatic N) is 6. The van der Waals surface area contributed by atoms with Gasteiger partial charge in [-0.1, -0.05) is 29.3 Å². The maximum atomic E-state index is 12.8. The van der Waals surface area contributed by atoms with E-state index in [1.165, 1.54) is 6.20 Å². The maximum absolute atomic E-state index is 12.8. The summed E-state index contributed by atoms with van der Waals surface area (Å²) in [5, 5.41) is 13.8. The van der Waals surface area contributed by atoms with Crippen molar-refractivity contribution in [1.82, 2.24) is 24.4 Å². The molecule has 2 aromatic carbocycles. The Morgan fingerprint density at radius 2 is 1.83 bits per heavy atom. The van der Waals surface area contributed by atoms with E-state index in [0.29, 0.717) is 5.39 Å². The van der Waals surface area contributed by atoms with Gasteiger partial charge in [0, 0.05) is 37.2 Å². The second kappa shape index (κ2) is 9.90. The van der Waals surface area contributed by atoms with Crippen LogP contribution < -0.4 is 21.6 Å². The highest BCUT2D eigenvalue weighted by Crippen LogP contribution is 2.31. The van der Waals surface area contributed by atoms with Gasteiger partial charge in [-0.2, -0.15) is 9.97 Å². The summed E-state index contributed by atoms with van der Waals surface area (Å²) in [7, 11) is 2.06. The van der Waals surface area contributed by atoms with Crippen molar-refractivity contribution in [3.8, 4) is 5.69 Å². The fourth-order valence-corrected chi connectivity index (χ4v) is 4.92. The molecule has 0 spiro atoms. The van der Waals surface area contributed by atoms with Crippen LogP contribution in [0.15, 0.2) is 53.5 Å². The third-order valence-electron chi connectivity index (χ3n) is 6.19. The lowest BCUT2D eigenvalue weighted by Gasteiger charge is -2.40. The Bertz CT molecular complexity index is 1460. The van der Waals surface area contributed by atoms with E-state index in [1.54, 1.807) is 18.2 Å². The van der Waals surface area contributed by atoms with E-state index in [9.17, 15) is 9.90 Å². The molecule has 10 nitrogen and oxygen atoms in total. The Kier molecular flexibility index (Phi) is 6.67. The molecular weight excluding hydrogens is 503 g/mol. The second-order valence-corrected chi connectivity index (χ2v) is 9.39. The van der Waals surface area contributed by atoms with Crippen molar-refractivity contribution in [1.29, 1.82) is 0 Å². The minimum atomic E-state index is -0.658. The number of para-hydroxylation sites is 1. The van der Waals surface area contributed by atoms with Crippen LogP contribution in [0.1, 0.15) is 0 Å². The van der Waals surface area contributed by atoms with Gasteiger partial charge in [-0.15, -0.1) is 0 Å². The van der Waals surface area contributed by atoms with Crippen LogP contribution in [0, 0.1) is 0 Å². The van der Waals surface area contributed by atoms with Crippen LogP contribution in [0.25, 0.3) is 16.7 Å². The van der Waals surface area contributed by atoms with E-state index < -0.39 is 5.69 Å². The number of nitrogens with two attached hydrogens (primary N) is 1. The molecule has 0 bridgehead atoms. The summed E-state index contributed by atoms with van der Waals surface area (Å²) in [5.41, 5.74) is 7.82. The molecule has 4 aromatic rings. The van der Waals surface area contributed by atoms with E-state index in [4.69, 9.17) is 28.9 Å². The molecule has 36 heavy (non-hydrogen) atoms. The highest BCUT2D eigenvalue weighted by atomic mass is 35.5. The van der Waals surface area contributed by atoms with Crippen molar-refractivity contribution >= 4 is 57.4 Å². The number of likely N-dealkylation sites (N-methyl/N-ethyl adjacent to an activating group) is 1. The molecule has 2 aromatic heterocycles. The van der Waals surface area contributed by atoms with Crippen molar-refractivity contribution in [2.75, 3.05) is 49.2 Å². The molecule has 1 aliphatic rings. The molecule has 186 valence electrons. The number of halogens is 2. The minimum absolute atomic E-state index is 0.0487. The molecule has 1 fully saturated rings. The lowest BCUT2D eigenvalue weighted by atomic mass is 10.1. The highest BCUT2D eigenvalue weighted by Gasteiger charge is 2.24. The van der Waals surface area contributed by atoms with Crippen LogP contribution in [-0.4, -0.2) is 68.9 Å². The number of nitrogens with one attached hydrogen (secondary N) is 1. The summed E-state index contributed by atoms with van der Waals surface area (Å²) in [6, 6.07) is 12.7. The Hall–Kier alpha value is -3.44. The normalized spacial score (nSPS) is 16.4. The Morgan fingerprint density at radius 1 is 1.11 bits per heavy atom. The van der Waals surface area contributed by atoms with Gasteiger partial charge in [-0.25, -0.2) is 14.3 Å². The quantitative estimate of drug-likeness (QED) is 0.359.